The number of carbonyl (C=O) groups excluding carboxylic acids is 1. The summed E-state index contributed by atoms with van der Waals surface area (Å²) in [4.78, 5) is 18.3. The van der Waals surface area contributed by atoms with E-state index in [9.17, 15) is 13.6 Å². The molecule has 2 aromatic heterocycles. The number of nitrogens with zero attached hydrogens (tertiary/aromatic N) is 4. The largest absolute Gasteiger partial charge is 0.390 e. The van der Waals surface area contributed by atoms with Crippen LogP contribution in [0.1, 0.15) is 35.6 Å². The van der Waals surface area contributed by atoms with Crippen LogP contribution in [-0.4, -0.2) is 49.8 Å². The van der Waals surface area contributed by atoms with E-state index in [1.807, 2.05) is 29.2 Å². The Labute approximate surface area is 195 Å². The number of hydrogen-bond acceptors (Lipinski definition) is 5. The number of anilines is 1. The van der Waals surface area contributed by atoms with Gasteiger partial charge in [0.05, 0.1) is 18.8 Å². The lowest BCUT2D eigenvalue weighted by Gasteiger charge is -2.21. The number of aliphatic hydroxyl groups is 1. The van der Waals surface area contributed by atoms with E-state index in [-0.39, 0.29) is 5.91 Å². The summed E-state index contributed by atoms with van der Waals surface area (Å²) >= 11 is 0. The molecule has 34 heavy (non-hydrogen) atoms. The lowest BCUT2D eigenvalue weighted by atomic mass is 10.0. The van der Waals surface area contributed by atoms with Gasteiger partial charge in [-0.25, -0.2) is 8.78 Å². The molecule has 0 radical (unpaired) electrons. The van der Waals surface area contributed by atoms with Crippen molar-refractivity contribution in [2.75, 3.05) is 18.5 Å². The summed E-state index contributed by atoms with van der Waals surface area (Å²) in [7, 11) is 0. The monoisotopic (exact) mass is 465 g/mol. The fraction of sp³-hybridized carbons (Fsp3) is 0.320. The molecular weight excluding hydrogens is 440 g/mol. The molecule has 0 saturated heterocycles. The molecule has 1 aliphatic heterocycles. The van der Waals surface area contributed by atoms with Crippen LogP contribution >= 0.6 is 0 Å². The highest BCUT2D eigenvalue weighted by Gasteiger charge is 2.33. The Bertz CT molecular complexity index is 1240. The van der Waals surface area contributed by atoms with Gasteiger partial charge in [-0.3, -0.25) is 19.4 Å². The third kappa shape index (κ3) is 5.05. The molecule has 3 aromatic rings. The van der Waals surface area contributed by atoms with Crippen molar-refractivity contribution in [2.24, 2.45) is 0 Å². The summed E-state index contributed by atoms with van der Waals surface area (Å²) < 4.78 is 29.0. The van der Waals surface area contributed by atoms with Gasteiger partial charge in [0, 0.05) is 54.6 Å². The maximum absolute atomic E-state index is 13.5. The van der Waals surface area contributed by atoms with Crippen LogP contribution in [0.15, 0.2) is 55.1 Å². The molecule has 1 aliphatic carbocycles. The number of rotatable bonds is 8. The topological polar surface area (TPSA) is 83.3 Å². The molecular formula is C25H25F2N5O2. The van der Waals surface area contributed by atoms with Crippen LogP contribution in [0.2, 0.25) is 0 Å². The molecule has 7 nitrogen and oxygen atoms in total. The number of amides is 1. The Morgan fingerprint density at radius 2 is 2.03 bits per heavy atom. The highest BCUT2D eigenvalue weighted by Crippen LogP contribution is 2.35. The molecule has 1 fully saturated rings. The van der Waals surface area contributed by atoms with Crippen LogP contribution in [-0.2, 0) is 17.9 Å². The average molecular weight is 466 g/mol. The molecule has 5 rings (SSSR count). The van der Waals surface area contributed by atoms with Gasteiger partial charge in [0.1, 0.15) is 6.61 Å². The van der Waals surface area contributed by atoms with Gasteiger partial charge >= 0.3 is 0 Å². The molecule has 0 atom stereocenters. The van der Waals surface area contributed by atoms with Gasteiger partial charge in [0.25, 0.3) is 5.92 Å². The summed E-state index contributed by atoms with van der Waals surface area (Å²) in [6.45, 7) is -0.942. The summed E-state index contributed by atoms with van der Waals surface area (Å²) in [5.41, 5.74) is 5.16. The highest BCUT2D eigenvalue weighted by molar-refractivity contribution is 6.02. The third-order valence-corrected chi connectivity index (χ3v) is 6.05. The van der Waals surface area contributed by atoms with Crippen molar-refractivity contribution in [1.29, 1.82) is 0 Å². The Balaban J connectivity index is 1.24. The number of aromatic nitrogens is 3. The second-order valence-electron chi connectivity index (χ2n) is 8.87. The third-order valence-electron chi connectivity index (χ3n) is 6.05. The van der Waals surface area contributed by atoms with Crippen LogP contribution in [0, 0.1) is 0 Å². The number of pyridine rings is 1. The van der Waals surface area contributed by atoms with Crippen LogP contribution in [0.3, 0.4) is 0 Å². The van der Waals surface area contributed by atoms with Crippen molar-refractivity contribution in [1.82, 2.24) is 19.7 Å². The SMILES string of the molecule is O=C(/C=C/c1cnccc1-c1cnn(C2CC2)c1)Nc1ccc2c(c1)CN(CC(F)(F)CO)C2. The number of halogens is 2. The second-order valence-corrected chi connectivity index (χ2v) is 8.87. The van der Waals surface area contributed by atoms with Crippen molar-refractivity contribution in [3.8, 4) is 11.1 Å². The summed E-state index contributed by atoms with van der Waals surface area (Å²) in [6.07, 6.45) is 12.8. The van der Waals surface area contributed by atoms with Crippen molar-refractivity contribution in [3.63, 3.8) is 0 Å². The molecule has 1 amide bonds. The summed E-state index contributed by atoms with van der Waals surface area (Å²) in [5, 5.41) is 16.1. The minimum Gasteiger partial charge on any atom is -0.390 e. The van der Waals surface area contributed by atoms with Gasteiger partial charge in [-0.05, 0) is 53.8 Å². The van der Waals surface area contributed by atoms with Crippen molar-refractivity contribution in [3.05, 3.63) is 71.8 Å². The standard InChI is InChI=1S/C25H25F2N5O2/c26-25(27,16-33)15-31-12-18-1-3-21(9-19(18)13-31)30-24(34)6-2-17-10-28-8-7-23(17)20-11-29-32(14-20)22-4-5-22/h1-3,6-11,14,22,33H,4-5,12-13,15-16H2,(H,30,34)/b6-2+. The maximum Gasteiger partial charge on any atom is 0.283 e. The molecule has 2 aliphatic rings. The number of nitrogens with one attached hydrogen (secondary N) is 1. The smallest absolute Gasteiger partial charge is 0.283 e. The lowest BCUT2D eigenvalue weighted by molar-refractivity contribution is -0.111. The van der Waals surface area contributed by atoms with Gasteiger partial charge in [0.15, 0.2) is 0 Å². The van der Waals surface area contributed by atoms with Gasteiger partial charge in [0.2, 0.25) is 5.91 Å². The van der Waals surface area contributed by atoms with Gasteiger partial charge in [-0.1, -0.05) is 6.07 Å². The van der Waals surface area contributed by atoms with Crippen LogP contribution in [0.4, 0.5) is 14.5 Å². The number of hydrogen-bond donors (Lipinski definition) is 2. The number of carbonyl (C=O) groups is 1. The summed E-state index contributed by atoms with van der Waals surface area (Å²) in [5.74, 6) is -3.43. The van der Waals surface area contributed by atoms with Crippen LogP contribution in [0.25, 0.3) is 17.2 Å². The van der Waals surface area contributed by atoms with Crippen molar-refractivity contribution >= 4 is 17.7 Å². The van der Waals surface area contributed by atoms with E-state index in [1.54, 1.807) is 35.5 Å². The number of fused-ring (bicyclic) bond motifs is 1. The number of benzene rings is 1. The van der Waals surface area contributed by atoms with E-state index in [1.165, 1.54) is 6.08 Å². The van der Waals surface area contributed by atoms with Crippen molar-refractivity contribution in [2.45, 2.75) is 37.9 Å². The van der Waals surface area contributed by atoms with E-state index in [0.717, 1.165) is 40.7 Å². The average Bonchev–Trinajstić information content (AvgIpc) is 3.42. The first kappa shape index (κ1) is 22.4. The van der Waals surface area contributed by atoms with E-state index in [0.29, 0.717) is 24.8 Å². The van der Waals surface area contributed by atoms with Gasteiger partial charge in [-0.15, -0.1) is 0 Å². The zero-order chi connectivity index (χ0) is 23.7. The van der Waals surface area contributed by atoms with Crippen molar-refractivity contribution < 1.29 is 18.7 Å². The molecule has 1 aromatic carbocycles. The van der Waals surface area contributed by atoms with E-state index in [4.69, 9.17) is 5.11 Å². The lowest BCUT2D eigenvalue weighted by Crippen LogP contribution is -2.36. The van der Waals surface area contributed by atoms with Gasteiger partial charge < -0.3 is 10.4 Å². The number of alkyl halides is 2. The normalized spacial score (nSPS) is 16.2. The minimum absolute atomic E-state index is 0.301. The van der Waals surface area contributed by atoms with Gasteiger partial charge in [-0.2, -0.15) is 5.10 Å². The van der Waals surface area contributed by atoms with E-state index < -0.39 is 19.1 Å². The molecule has 0 bridgehead atoms. The van der Waals surface area contributed by atoms with E-state index in [2.05, 4.69) is 15.4 Å². The predicted octanol–water partition coefficient (Wildman–Crippen LogP) is 3.88. The van der Waals surface area contributed by atoms with Crippen LogP contribution < -0.4 is 5.32 Å². The maximum atomic E-state index is 13.5. The number of aliphatic hydroxyl groups excluding tert-OH is 1. The molecule has 2 N–H and O–H groups in total. The highest BCUT2D eigenvalue weighted by atomic mass is 19.3. The molecule has 3 heterocycles. The minimum atomic E-state index is -3.13. The summed E-state index contributed by atoms with van der Waals surface area (Å²) in [6, 6.07) is 7.80. The Morgan fingerprint density at radius 3 is 2.82 bits per heavy atom. The molecule has 0 spiro atoms. The second kappa shape index (κ2) is 9.08. The Hall–Kier alpha value is -3.43. The molecule has 9 heteroatoms. The first-order valence-electron chi connectivity index (χ1n) is 11.2. The van der Waals surface area contributed by atoms with E-state index >= 15 is 0 Å². The molecule has 1 saturated carbocycles. The van der Waals surface area contributed by atoms with Crippen LogP contribution in [0.5, 0.6) is 0 Å². The first-order chi connectivity index (χ1) is 16.4. The quantitative estimate of drug-likeness (QED) is 0.494. The first-order valence-corrected chi connectivity index (χ1v) is 11.2. The Morgan fingerprint density at radius 1 is 1.21 bits per heavy atom. The molecule has 0 unspecified atom stereocenters. The molecule has 176 valence electrons. The Kier molecular flexibility index (Phi) is 5.97. The predicted molar refractivity (Wildman–Crippen MR) is 124 cm³/mol. The fourth-order valence-electron chi connectivity index (χ4n) is 4.20. The fourth-order valence-corrected chi connectivity index (χ4v) is 4.20. The zero-order valence-electron chi connectivity index (χ0n) is 18.5. The zero-order valence-corrected chi connectivity index (χ0v) is 18.5.